The van der Waals surface area contributed by atoms with E-state index in [9.17, 15) is 0 Å². The van der Waals surface area contributed by atoms with E-state index in [4.69, 9.17) is 10.5 Å². The highest BCUT2D eigenvalue weighted by Crippen LogP contribution is 2.19. The zero-order valence-corrected chi connectivity index (χ0v) is 11.8. The average molecular weight is 271 g/mol. The Morgan fingerprint density at radius 1 is 1.20 bits per heavy atom. The van der Waals surface area contributed by atoms with Gasteiger partial charge in [-0.3, -0.25) is 0 Å². The van der Waals surface area contributed by atoms with Crippen molar-refractivity contribution in [2.45, 2.75) is 19.8 Å². The second-order valence-corrected chi connectivity index (χ2v) is 4.51. The molecule has 3 N–H and O–H groups in total. The summed E-state index contributed by atoms with van der Waals surface area (Å²) in [5.74, 6) is 1.42. The lowest BCUT2D eigenvalue weighted by molar-refractivity contribution is 0.327. The van der Waals surface area contributed by atoms with Gasteiger partial charge in [-0.15, -0.1) is 0 Å². The summed E-state index contributed by atoms with van der Waals surface area (Å²) in [6.45, 7) is 3.28. The Kier molecular flexibility index (Phi) is 5.38. The normalized spacial score (nSPS) is 10.3. The van der Waals surface area contributed by atoms with E-state index in [2.05, 4.69) is 22.4 Å². The molecule has 1 aromatic heterocycles. The van der Waals surface area contributed by atoms with Crippen molar-refractivity contribution < 1.29 is 4.74 Å². The summed E-state index contributed by atoms with van der Waals surface area (Å²) in [6.07, 6.45) is 2.00. The summed E-state index contributed by atoms with van der Waals surface area (Å²) in [4.78, 5) is 4.40. The van der Waals surface area contributed by atoms with E-state index in [0.717, 1.165) is 30.9 Å². The van der Waals surface area contributed by atoms with E-state index in [0.29, 0.717) is 12.5 Å². The fourth-order valence-corrected chi connectivity index (χ4v) is 1.97. The average Bonchev–Trinajstić information content (AvgIpc) is 2.46. The molecule has 0 aliphatic heterocycles. The van der Waals surface area contributed by atoms with Gasteiger partial charge in [0.25, 0.3) is 0 Å². The first-order valence-corrected chi connectivity index (χ1v) is 6.97. The summed E-state index contributed by atoms with van der Waals surface area (Å²) in [6, 6.07) is 14.0. The second kappa shape index (κ2) is 7.50. The predicted octanol–water partition coefficient (Wildman–Crippen LogP) is 3.12. The zero-order valence-electron chi connectivity index (χ0n) is 11.8. The lowest BCUT2D eigenvalue weighted by Crippen LogP contribution is -2.01. The van der Waals surface area contributed by atoms with Crippen LogP contribution in [0.25, 0.3) is 0 Å². The van der Waals surface area contributed by atoms with Gasteiger partial charge in [0.1, 0.15) is 5.82 Å². The fourth-order valence-electron chi connectivity index (χ4n) is 1.97. The number of pyridine rings is 1. The third-order valence-corrected chi connectivity index (χ3v) is 2.88. The highest BCUT2D eigenvalue weighted by Gasteiger charge is 2.00. The van der Waals surface area contributed by atoms with Crippen LogP contribution in [0.2, 0.25) is 0 Å². The third-order valence-electron chi connectivity index (χ3n) is 2.88. The first-order chi connectivity index (χ1) is 9.81. The number of hydrogen-bond acceptors (Lipinski definition) is 4. The lowest BCUT2D eigenvalue weighted by atomic mass is 10.1. The zero-order chi connectivity index (χ0) is 14.2. The van der Waals surface area contributed by atoms with Gasteiger partial charge >= 0.3 is 0 Å². The van der Waals surface area contributed by atoms with Gasteiger partial charge in [-0.25, -0.2) is 0 Å². The maximum Gasteiger partial charge on any atom is 0.215 e. The third kappa shape index (κ3) is 4.24. The van der Waals surface area contributed by atoms with Gasteiger partial charge in [0, 0.05) is 11.8 Å². The highest BCUT2D eigenvalue weighted by molar-refractivity contribution is 5.57. The molecule has 0 spiro atoms. The molecule has 4 heteroatoms. The molecule has 0 amide bonds. The summed E-state index contributed by atoms with van der Waals surface area (Å²) in [5.41, 5.74) is 7.85. The van der Waals surface area contributed by atoms with Crippen molar-refractivity contribution >= 4 is 11.5 Å². The molecule has 106 valence electrons. The number of hydrogen-bond donors (Lipinski definition) is 2. The lowest BCUT2D eigenvalue weighted by Gasteiger charge is -2.09. The molecule has 0 saturated carbocycles. The number of ether oxygens (including phenoxy) is 1. The van der Waals surface area contributed by atoms with Crippen LogP contribution in [0.1, 0.15) is 18.9 Å². The fraction of sp³-hybridized carbons (Fsp3) is 0.312. The van der Waals surface area contributed by atoms with Gasteiger partial charge in [-0.1, -0.05) is 18.2 Å². The highest BCUT2D eigenvalue weighted by atomic mass is 16.5. The number of nitrogens with two attached hydrogens (primary N) is 1. The van der Waals surface area contributed by atoms with Crippen molar-refractivity contribution in [2.24, 2.45) is 5.73 Å². The minimum atomic E-state index is 0.616. The van der Waals surface area contributed by atoms with Crippen LogP contribution in [0.4, 0.5) is 11.5 Å². The topological polar surface area (TPSA) is 60.2 Å². The molecule has 0 aliphatic carbocycles. The standard InChI is InChI=1S/C16H21N3O/c1-2-20-16-10-4-9-15(19-16)18-14-8-3-6-13(12-14)7-5-11-17/h3-4,6,8-10,12H,2,5,7,11,17H2,1H3,(H,18,19). The van der Waals surface area contributed by atoms with Crippen molar-refractivity contribution in [2.75, 3.05) is 18.5 Å². The van der Waals surface area contributed by atoms with E-state index < -0.39 is 0 Å². The van der Waals surface area contributed by atoms with Gasteiger partial charge in [-0.05, 0) is 50.1 Å². The maximum absolute atomic E-state index is 5.54. The Morgan fingerprint density at radius 2 is 2.05 bits per heavy atom. The molecule has 0 unspecified atom stereocenters. The van der Waals surface area contributed by atoms with E-state index in [1.54, 1.807) is 0 Å². The number of nitrogens with zero attached hydrogens (tertiary/aromatic N) is 1. The van der Waals surface area contributed by atoms with Gasteiger partial charge in [0.05, 0.1) is 6.61 Å². The molecule has 2 aromatic rings. The monoisotopic (exact) mass is 271 g/mol. The molecule has 0 saturated heterocycles. The van der Waals surface area contributed by atoms with Crippen LogP contribution < -0.4 is 15.8 Å². The van der Waals surface area contributed by atoms with E-state index in [1.807, 2.05) is 37.3 Å². The minimum Gasteiger partial charge on any atom is -0.478 e. The van der Waals surface area contributed by atoms with Crippen molar-refractivity contribution in [3.63, 3.8) is 0 Å². The molecular weight excluding hydrogens is 250 g/mol. The van der Waals surface area contributed by atoms with Gasteiger partial charge < -0.3 is 15.8 Å². The van der Waals surface area contributed by atoms with Crippen LogP contribution in [-0.2, 0) is 6.42 Å². The number of aromatic nitrogens is 1. The summed E-state index contributed by atoms with van der Waals surface area (Å²) >= 11 is 0. The molecule has 0 atom stereocenters. The Morgan fingerprint density at radius 3 is 2.85 bits per heavy atom. The Bertz CT molecular complexity index is 543. The summed E-state index contributed by atoms with van der Waals surface area (Å²) in [5, 5.41) is 3.30. The Hall–Kier alpha value is -2.07. The van der Waals surface area contributed by atoms with E-state index in [1.165, 1.54) is 5.56 Å². The number of benzene rings is 1. The van der Waals surface area contributed by atoms with Crippen LogP contribution in [0.15, 0.2) is 42.5 Å². The molecule has 1 heterocycles. The molecule has 1 aromatic carbocycles. The molecule has 0 aliphatic rings. The summed E-state index contributed by atoms with van der Waals surface area (Å²) < 4.78 is 5.40. The molecular formula is C16H21N3O. The van der Waals surface area contributed by atoms with E-state index >= 15 is 0 Å². The number of anilines is 2. The quantitative estimate of drug-likeness (QED) is 0.812. The SMILES string of the molecule is CCOc1cccc(Nc2cccc(CCCN)c2)n1. The van der Waals surface area contributed by atoms with Crippen LogP contribution in [0, 0.1) is 0 Å². The molecule has 4 nitrogen and oxygen atoms in total. The molecule has 0 radical (unpaired) electrons. The maximum atomic E-state index is 5.54. The largest absolute Gasteiger partial charge is 0.478 e. The van der Waals surface area contributed by atoms with Crippen LogP contribution in [-0.4, -0.2) is 18.1 Å². The van der Waals surface area contributed by atoms with Crippen molar-refractivity contribution in [3.05, 3.63) is 48.0 Å². The molecule has 0 fully saturated rings. The van der Waals surface area contributed by atoms with Gasteiger partial charge in [0.2, 0.25) is 5.88 Å². The Balaban J connectivity index is 2.07. The first-order valence-electron chi connectivity index (χ1n) is 6.97. The predicted molar refractivity (Wildman–Crippen MR) is 82.5 cm³/mol. The van der Waals surface area contributed by atoms with Crippen molar-refractivity contribution in [1.29, 1.82) is 0 Å². The first kappa shape index (κ1) is 14.3. The molecule has 0 bridgehead atoms. The Labute approximate surface area is 120 Å². The smallest absolute Gasteiger partial charge is 0.215 e. The van der Waals surface area contributed by atoms with Crippen molar-refractivity contribution in [3.8, 4) is 5.88 Å². The minimum absolute atomic E-state index is 0.616. The van der Waals surface area contributed by atoms with Gasteiger partial charge in [0.15, 0.2) is 0 Å². The number of aryl methyl sites for hydroxylation is 1. The van der Waals surface area contributed by atoms with Crippen molar-refractivity contribution in [1.82, 2.24) is 4.98 Å². The number of rotatable bonds is 7. The number of nitrogens with one attached hydrogen (secondary N) is 1. The molecule has 20 heavy (non-hydrogen) atoms. The van der Waals surface area contributed by atoms with E-state index in [-0.39, 0.29) is 0 Å². The van der Waals surface area contributed by atoms with Crippen LogP contribution in [0.3, 0.4) is 0 Å². The van der Waals surface area contributed by atoms with Crippen LogP contribution in [0.5, 0.6) is 5.88 Å². The van der Waals surface area contributed by atoms with Gasteiger partial charge in [-0.2, -0.15) is 4.98 Å². The second-order valence-electron chi connectivity index (χ2n) is 4.51. The summed E-state index contributed by atoms with van der Waals surface area (Å²) in [7, 11) is 0. The van der Waals surface area contributed by atoms with Crippen LogP contribution >= 0.6 is 0 Å². The molecule has 2 rings (SSSR count).